The van der Waals surface area contributed by atoms with Gasteiger partial charge in [-0.3, -0.25) is 14.5 Å². The van der Waals surface area contributed by atoms with Gasteiger partial charge in [-0.1, -0.05) is 42.5 Å². The number of hydrogen-bond donors (Lipinski definition) is 0. The number of ketones is 1. The molecule has 3 aromatic carbocycles. The van der Waals surface area contributed by atoms with E-state index in [1.807, 2.05) is 42.2 Å². The first-order valence-electron chi connectivity index (χ1n) is 12.7. The molecule has 37 heavy (non-hydrogen) atoms. The van der Waals surface area contributed by atoms with Crippen LogP contribution in [-0.2, 0) is 11.3 Å². The number of benzene rings is 3. The molecule has 6 nitrogen and oxygen atoms in total. The molecule has 0 spiro atoms. The van der Waals surface area contributed by atoms with E-state index in [0.717, 1.165) is 17.7 Å². The zero-order chi connectivity index (χ0) is 25.9. The minimum absolute atomic E-state index is 0.00777. The molecule has 1 fully saturated rings. The van der Waals surface area contributed by atoms with Crippen molar-refractivity contribution < 1.29 is 23.5 Å². The molecular formula is C30H31FN2O4. The van der Waals surface area contributed by atoms with Gasteiger partial charge in [0.05, 0.1) is 12.0 Å². The molecular weight excluding hydrogens is 471 g/mol. The Labute approximate surface area is 216 Å². The lowest BCUT2D eigenvalue weighted by atomic mass is 9.96. The standard InChI is InChI=1S/C30H31FN2O4/c1-20-17-33(21(2)16-32(20)18-22-8-10-24(31)11-9-22)30(35)19-36-25-12-13-28-26(14-25)27(34)15-29(37-28)23-6-4-3-5-7-23/h3-14,20-21,29H,15-19H2,1-2H3/t20-,21+,29?/m1/s1. The summed E-state index contributed by atoms with van der Waals surface area (Å²) in [6.07, 6.45) is -0.0449. The molecule has 0 bridgehead atoms. The first-order valence-corrected chi connectivity index (χ1v) is 12.7. The van der Waals surface area contributed by atoms with Crippen molar-refractivity contribution in [3.05, 3.63) is 95.3 Å². The van der Waals surface area contributed by atoms with E-state index in [1.54, 1.807) is 30.3 Å². The summed E-state index contributed by atoms with van der Waals surface area (Å²) in [4.78, 5) is 30.0. The van der Waals surface area contributed by atoms with Crippen LogP contribution in [0.25, 0.3) is 0 Å². The van der Waals surface area contributed by atoms with Crippen LogP contribution in [-0.4, -0.2) is 53.3 Å². The van der Waals surface area contributed by atoms with Gasteiger partial charge in [0, 0.05) is 31.7 Å². The Bertz CT molecular complexity index is 1260. The second kappa shape index (κ2) is 10.7. The van der Waals surface area contributed by atoms with Gasteiger partial charge in [0.15, 0.2) is 12.4 Å². The SMILES string of the molecule is C[C@@H]1CN(C(=O)COc2ccc3c(c2)C(=O)CC(c2ccccc2)O3)[C@@H](C)CN1Cc1ccc(F)cc1. The molecule has 5 rings (SSSR count). The van der Waals surface area contributed by atoms with Crippen molar-refractivity contribution in [1.82, 2.24) is 9.80 Å². The highest BCUT2D eigenvalue weighted by Crippen LogP contribution is 2.36. The minimum atomic E-state index is -0.306. The molecule has 1 amide bonds. The summed E-state index contributed by atoms with van der Waals surface area (Å²) in [5.74, 6) is 0.658. The number of amides is 1. The third-order valence-corrected chi connectivity index (χ3v) is 7.16. The number of ether oxygens (including phenoxy) is 2. The lowest BCUT2D eigenvalue weighted by Crippen LogP contribution is -2.58. The van der Waals surface area contributed by atoms with Crippen LogP contribution in [0.1, 0.15) is 47.9 Å². The topological polar surface area (TPSA) is 59.1 Å². The number of carbonyl (C=O) groups excluding carboxylic acids is 2. The second-order valence-corrected chi connectivity index (χ2v) is 9.89. The number of carbonyl (C=O) groups is 2. The summed E-state index contributed by atoms with van der Waals surface area (Å²) in [5, 5.41) is 0. The predicted molar refractivity (Wildman–Crippen MR) is 138 cm³/mol. The lowest BCUT2D eigenvalue weighted by molar-refractivity contribution is -0.139. The molecule has 2 aliphatic rings. The molecule has 2 aliphatic heterocycles. The van der Waals surface area contributed by atoms with Crippen molar-refractivity contribution in [3.8, 4) is 11.5 Å². The maximum Gasteiger partial charge on any atom is 0.260 e. The third kappa shape index (κ3) is 5.67. The van der Waals surface area contributed by atoms with Crippen molar-refractivity contribution in [2.45, 2.75) is 45.0 Å². The fourth-order valence-corrected chi connectivity index (χ4v) is 5.06. The summed E-state index contributed by atoms with van der Waals surface area (Å²) in [6.45, 7) is 6.03. The summed E-state index contributed by atoms with van der Waals surface area (Å²) < 4.78 is 25.1. The second-order valence-electron chi connectivity index (χ2n) is 9.89. The van der Waals surface area contributed by atoms with Crippen LogP contribution in [0.5, 0.6) is 11.5 Å². The Balaban J connectivity index is 1.17. The highest BCUT2D eigenvalue weighted by atomic mass is 19.1. The maximum atomic E-state index is 13.2. The molecule has 0 aromatic heterocycles. The third-order valence-electron chi connectivity index (χ3n) is 7.16. The van der Waals surface area contributed by atoms with Crippen LogP contribution >= 0.6 is 0 Å². The molecule has 192 valence electrons. The predicted octanol–water partition coefficient (Wildman–Crippen LogP) is 5.03. The lowest BCUT2D eigenvalue weighted by Gasteiger charge is -2.44. The number of piperazine rings is 1. The van der Waals surface area contributed by atoms with Crippen molar-refractivity contribution >= 4 is 11.7 Å². The Kier molecular flexibility index (Phi) is 7.24. The van der Waals surface area contributed by atoms with E-state index in [1.165, 1.54) is 12.1 Å². The van der Waals surface area contributed by atoms with Gasteiger partial charge < -0.3 is 14.4 Å². The van der Waals surface area contributed by atoms with Crippen LogP contribution in [0.3, 0.4) is 0 Å². The average molecular weight is 503 g/mol. The van der Waals surface area contributed by atoms with Gasteiger partial charge in [-0.25, -0.2) is 4.39 Å². The van der Waals surface area contributed by atoms with Gasteiger partial charge in [-0.2, -0.15) is 0 Å². The zero-order valence-electron chi connectivity index (χ0n) is 21.1. The van der Waals surface area contributed by atoms with Crippen molar-refractivity contribution in [1.29, 1.82) is 0 Å². The molecule has 3 atom stereocenters. The number of hydrogen-bond acceptors (Lipinski definition) is 5. The van der Waals surface area contributed by atoms with Crippen LogP contribution < -0.4 is 9.47 Å². The summed E-state index contributed by atoms with van der Waals surface area (Å²) in [5.41, 5.74) is 2.49. The largest absolute Gasteiger partial charge is 0.484 e. The normalized spacial score (nSPS) is 21.8. The average Bonchev–Trinajstić information content (AvgIpc) is 2.91. The van der Waals surface area contributed by atoms with Gasteiger partial charge in [0.2, 0.25) is 0 Å². The van der Waals surface area contributed by atoms with Crippen molar-refractivity contribution in [2.75, 3.05) is 19.7 Å². The first-order chi connectivity index (χ1) is 17.9. The highest BCUT2D eigenvalue weighted by molar-refractivity contribution is 6.00. The van der Waals surface area contributed by atoms with Gasteiger partial charge in [-0.15, -0.1) is 0 Å². The van der Waals surface area contributed by atoms with E-state index >= 15 is 0 Å². The number of nitrogens with zero attached hydrogens (tertiary/aromatic N) is 2. The van der Waals surface area contributed by atoms with Crippen LogP contribution in [0.15, 0.2) is 72.8 Å². The first kappa shape index (κ1) is 25.0. The van der Waals surface area contributed by atoms with Gasteiger partial charge in [0.25, 0.3) is 5.91 Å². The number of fused-ring (bicyclic) bond motifs is 1. The molecule has 1 saturated heterocycles. The Morgan fingerprint density at radius 2 is 1.76 bits per heavy atom. The van der Waals surface area contributed by atoms with E-state index in [4.69, 9.17) is 9.47 Å². The zero-order valence-corrected chi connectivity index (χ0v) is 21.1. The molecule has 0 radical (unpaired) electrons. The smallest absolute Gasteiger partial charge is 0.260 e. The molecule has 7 heteroatoms. The number of rotatable bonds is 6. The molecule has 2 heterocycles. The Morgan fingerprint density at radius 3 is 2.51 bits per heavy atom. The number of halogens is 1. The van der Waals surface area contributed by atoms with Crippen LogP contribution in [0.4, 0.5) is 4.39 Å². The van der Waals surface area contributed by atoms with Crippen LogP contribution in [0, 0.1) is 5.82 Å². The highest BCUT2D eigenvalue weighted by Gasteiger charge is 2.32. The monoisotopic (exact) mass is 502 g/mol. The molecule has 0 N–H and O–H groups in total. The van der Waals surface area contributed by atoms with Crippen molar-refractivity contribution in [3.63, 3.8) is 0 Å². The maximum absolute atomic E-state index is 13.2. The van der Waals surface area contributed by atoms with Gasteiger partial charge in [0.1, 0.15) is 23.4 Å². The molecule has 0 aliphatic carbocycles. The minimum Gasteiger partial charge on any atom is -0.484 e. The van der Waals surface area contributed by atoms with E-state index in [2.05, 4.69) is 11.8 Å². The molecule has 0 saturated carbocycles. The van der Waals surface area contributed by atoms with Crippen LogP contribution in [0.2, 0.25) is 0 Å². The fraction of sp³-hybridized carbons (Fsp3) is 0.333. The van der Waals surface area contributed by atoms with Gasteiger partial charge in [-0.05, 0) is 55.3 Å². The van der Waals surface area contributed by atoms with Gasteiger partial charge >= 0.3 is 0 Å². The molecule has 1 unspecified atom stereocenters. The van der Waals surface area contributed by atoms with E-state index < -0.39 is 0 Å². The summed E-state index contributed by atoms with van der Waals surface area (Å²) in [6, 6.07) is 21.6. The summed E-state index contributed by atoms with van der Waals surface area (Å²) >= 11 is 0. The fourth-order valence-electron chi connectivity index (χ4n) is 5.06. The Hall–Kier alpha value is -3.71. The Morgan fingerprint density at radius 1 is 1.00 bits per heavy atom. The van der Waals surface area contributed by atoms with E-state index in [9.17, 15) is 14.0 Å². The summed E-state index contributed by atoms with van der Waals surface area (Å²) in [7, 11) is 0. The van der Waals surface area contributed by atoms with E-state index in [-0.39, 0.29) is 48.7 Å². The molecule has 3 aromatic rings. The van der Waals surface area contributed by atoms with E-state index in [0.29, 0.717) is 30.2 Å². The number of Topliss-reactive ketones (excluding diaryl/α,β-unsaturated/α-hetero) is 1. The van der Waals surface area contributed by atoms with Crippen molar-refractivity contribution in [2.24, 2.45) is 0 Å². The quantitative estimate of drug-likeness (QED) is 0.473.